The normalized spacial score (nSPS) is 17.0. The zero-order valence-corrected chi connectivity index (χ0v) is 10.3. The summed E-state index contributed by atoms with van der Waals surface area (Å²) in [5, 5.41) is 20.9. The van der Waals surface area contributed by atoms with Crippen LogP contribution in [-0.2, 0) is 0 Å². The molecule has 1 saturated carbocycles. The van der Waals surface area contributed by atoms with Gasteiger partial charge in [0.2, 0.25) is 0 Å². The maximum atomic E-state index is 12.0. The van der Waals surface area contributed by atoms with Gasteiger partial charge >= 0.3 is 0 Å². The molecule has 1 atom stereocenters. The molecule has 4 nitrogen and oxygen atoms in total. The standard InChI is InChI=1S/C14H19NO3/c16-9-13(17)8-15-12-6-4-11(5-7-12)14(18)10-2-1-3-10/h4-7,10,13,15-17H,1-3,8-9H2. The molecule has 0 radical (unpaired) electrons. The SMILES string of the molecule is O=C(c1ccc(NCC(O)CO)cc1)C1CCC1. The summed E-state index contributed by atoms with van der Waals surface area (Å²) in [6.45, 7) is 0.0394. The predicted octanol–water partition coefficient (Wildman–Crippen LogP) is 1.43. The molecule has 1 aromatic carbocycles. The predicted molar refractivity (Wildman–Crippen MR) is 69.7 cm³/mol. The molecule has 1 aromatic rings. The van der Waals surface area contributed by atoms with Crippen LogP contribution < -0.4 is 5.32 Å². The van der Waals surface area contributed by atoms with Crippen molar-refractivity contribution in [1.29, 1.82) is 0 Å². The van der Waals surface area contributed by atoms with Crippen molar-refractivity contribution in [3.63, 3.8) is 0 Å². The van der Waals surface area contributed by atoms with Gasteiger partial charge in [-0.3, -0.25) is 4.79 Å². The van der Waals surface area contributed by atoms with Crippen molar-refractivity contribution in [3.8, 4) is 0 Å². The molecular formula is C14H19NO3. The number of carbonyl (C=O) groups is 1. The van der Waals surface area contributed by atoms with Crippen LogP contribution in [0.2, 0.25) is 0 Å². The van der Waals surface area contributed by atoms with Gasteiger partial charge in [0, 0.05) is 23.7 Å². The molecule has 0 amide bonds. The van der Waals surface area contributed by atoms with E-state index in [0.717, 1.165) is 30.5 Å². The van der Waals surface area contributed by atoms with Crippen molar-refractivity contribution in [2.75, 3.05) is 18.5 Å². The summed E-state index contributed by atoms with van der Waals surface area (Å²) in [5.41, 5.74) is 1.60. The molecule has 18 heavy (non-hydrogen) atoms. The molecule has 4 heteroatoms. The molecule has 1 aliphatic rings. The number of benzene rings is 1. The second-order valence-corrected chi connectivity index (χ2v) is 4.79. The van der Waals surface area contributed by atoms with Gasteiger partial charge < -0.3 is 15.5 Å². The molecule has 1 aliphatic carbocycles. The first-order valence-corrected chi connectivity index (χ1v) is 6.38. The number of aliphatic hydroxyl groups excluding tert-OH is 2. The first-order chi connectivity index (χ1) is 8.70. The van der Waals surface area contributed by atoms with Crippen LogP contribution in [0.15, 0.2) is 24.3 Å². The van der Waals surface area contributed by atoms with Crippen molar-refractivity contribution in [1.82, 2.24) is 0 Å². The summed E-state index contributed by atoms with van der Waals surface area (Å²) in [6.07, 6.45) is 2.43. The van der Waals surface area contributed by atoms with Gasteiger partial charge in [0.25, 0.3) is 0 Å². The highest BCUT2D eigenvalue weighted by molar-refractivity contribution is 5.98. The van der Waals surface area contributed by atoms with E-state index in [1.807, 2.05) is 24.3 Å². The van der Waals surface area contributed by atoms with Crippen LogP contribution in [0.5, 0.6) is 0 Å². The van der Waals surface area contributed by atoms with Crippen molar-refractivity contribution < 1.29 is 15.0 Å². The van der Waals surface area contributed by atoms with E-state index < -0.39 is 6.10 Å². The molecule has 0 aromatic heterocycles. The Hall–Kier alpha value is -1.39. The largest absolute Gasteiger partial charge is 0.394 e. The van der Waals surface area contributed by atoms with Crippen LogP contribution >= 0.6 is 0 Å². The van der Waals surface area contributed by atoms with Gasteiger partial charge in [0.15, 0.2) is 5.78 Å². The zero-order chi connectivity index (χ0) is 13.0. The third-order valence-corrected chi connectivity index (χ3v) is 3.40. The monoisotopic (exact) mass is 249 g/mol. The fourth-order valence-corrected chi connectivity index (χ4v) is 1.96. The zero-order valence-electron chi connectivity index (χ0n) is 10.3. The lowest BCUT2D eigenvalue weighted by atomic mass is 9.80. The minimum Gasteiger partial charge on any atom is -0.394 e. The highest BCUT2D eigenvalue weighted by atomic mass is 16.3. The van der Waals surface area contributed by atoms with Crippen molar-refractivity contribution in [2.24, 2.45) is 5.92 Å². The van der Waals surface area contributed by atoms with Crippen molar-refractivity contribution >= 4 is 11.5 Å². The lowest BCUT2D eigenvalue weighted by Gasteiger charge is -2.23. The maximum Gasteiger partial charge on any atom is 0.165 e. The maximum absolute atomic E-state index is 12.0. The number of hydrogen-bond acceptors (Lipinski definition) is 4. The van der Waals surface area contributed by atoms with Crippen molar-refractivity contribution in [3.05, 3.63) is 29.8 Å². The summed E-state index contributed by atoms with van der Waals surface area (Å²) in [5.74, 6) is 0.461. The average Bonchev–Trinajstić information content (AvgIpc) is 2.34. The third-order valence-electron chi connectivity index (χ3n) is 3.40. The van der Waals surface area contributed by atoms with E-state index in [-0.39, 0.29) is 18.3 Å². The Kier molecular flexibility index (Phi) is 4.33. The summed E-state index contributed by atoms with van der Waals surface area (Å²) >= 11 is 0. The Balaban J connectivity index is 1.90. The van der Waals surface area contributed by atoms with Gasteiger partial charge in [-0.25, -0.2) is 0 Å². The number of rotatable bonds is 6. The van der Waals surface area contributed by atoms with Gasteiger partial charge in [-0.1, -0.05) is 6.42 Å². The average molecular weight is 249 g/mol. The fourth-order valence-electron chi connectivity index (χ4n) is 1.96. The van der Waals surface area contributed by atoms with Crippen LogP contribution in [0.3, 0.4) is 0 Å². The number of Topliss-reactive ketones (excluding diaryl/α,β-unsaturated/α-hetero) is 1. The molecule has 98 valence electrons. The van der Waals surface area contributed by atoms with E-state index >= 15 is 0 Å². The molecule has 0 heterocycles. The molecule has 0 saturated heterocycles. The summed E-state index contributed by atoms with van der Waals surface area (Å²) in [4.78, 5) is 12.0. The molecule has 3 N–H and O–H groups in total. The van der Waals surface area contributed by atoms with E-state index in [9.17, 15) is 9.90 Å². The number of carbonyl (C=O) groups excluding carboxylic acids is 1. The lowest BCUT2D eigenvalue weighted by molar-refractivity contribution is 0.0855. The molecule has 0 aliphatic heterocycles. The first-order valence-electron chi connectivity index (χ1n) is 6.38. The number of anilines is 1. The Morgan fingerprint density at radius 2 is 2.00 bits per heavy atom. The van der Waals surface area contributed by atoms with E-state index in [0.29, 0.717) is 6.54 Å². The van der Waals surface area contributed by atoms with E-state index in [1.54, 1.807) is 0 Å². The van der Waals surface area contributed by atoms with Gasteiger partial charge in [0.05, 0.1) is 12.7 Å². The summed E-state index contributed by atoms with van der Waals surface area (Å²) in [7, 11) is 0. The topological polar surface area (TPSA) is 69.6 Å². The van der Waals surface area contributed by atoms with Gasteiger partial charge in [-0.05, 0) is 37.1 Å². The van der Waals surface area contributed by atoms with Crippen LogP contribution in [0.4, 0.5) is 5.69 Å². The van der Waals surface area contributed by atoms with E-state index in [4.69, 9.17) is 5.11 Å². The van der Waals surface area contributed by atoms with Crippen LogP contribution in [0, 0.1) is 5.92 Å². The minimum atomic E-state index is -0.763. The Bertz CT molecular complexity index is 398. The second kappa shape index (κ2) is 5.98. The first kappa shape index (κ1) is 13.1. The lowest BCUT2D eigenvalue weighted by Crippen LogP contribution is -2.23. The molecule has 1 unspecified atom stereocenters. The van der Waals surface area contributed by atoms with Gasteiger partial charge in [-0.2, -0.15) is 0 Å². The van der Waals surface area contributed by atoms with Crippen LogP contribution in [-0.4, -0.2) is 35.3 Å². The Morgan fingerprint density at radius 1 is 1.33 bits per heavy atom. The molecule has 0 spiro atoms. The molecule has 1 fully saturated rings. The number of aliphatic hydroxyl groups is 2. The van der Waals surface area contributed by atoms with Gasteiger partial charge in [0.1, 0.15) is 0 Å². The van der Waals surface area contributed by atoms with Gasteiger partial charge in [-0.15, -0.1) is 0 Å². The van der Waals surface area contributed by atoms with Crippen molar-refractivity contribution in [2.45, 2.75) is 25.4 Å². The van der Waals surface area contributed by atoms with Crippen LogP contribution in [0.25, 0.3) is 0 Å². The highest BCUT2D eigenvalue weighted by Crippen LogP contribution is 2.29. The van der Waals surface area contributed by atoms with E-state index in [1.165, 1.54) is 0 Å². The molecule has 0 bridgehead atoms. The Morgan fingerprint density at radius 3 is 2.50 bits per heavy atom. The molecule has 2 rings (SSSR count). The molecular weight excluding hydrogens is 230 g/mol. The summed E-state index contributed by atoms with van der Waals surface area (Å²) in [6, 6.07) is 7.29. The van der Waals surface area contributed by atoms with Crippen LogP contribution in [0.1, 0.15) is 29.6 Å². The number of hydrogen-bond donors (Lipinski definition) is 3. The van der Waals surface area contributed by atoms with E-state index in [2.05, 4.69) is 5.32 Å². The number of nitrogens with one attached hydrogen (secondary N) is 1. The third kappa shape index (κ3) is 3.09. The highest BCUT2D eigenvalue weighted by Gasteiger charge is 2.25. The summed E-state index contributed by atoms with van der Waals surface area (Å²) < 4.78 is 0. The Labute approximate surface area is 107 Å². The number of ketones is 1. The smallest absolute Gasteiger partial charge is 0.165 e. The second-order valence-electron chi connectivity index (χ2n) is 4.79. The quantitative estimate of drug-likeness (QED) is 0.667. The fraction of sp³-hybridized carbons (Fsp3) is 0.500. The minimum absolute atomic E-state index is 0.222.